The Bertz CT molecular complexity index is 655. The van der Waals surface area contributed by atoms with E-state index in [0.717, 1.165) is 0 Å². The molecular formula is C11H15N7O2. The molecule has 2 aromatic rings. The molecule has 0 bridgehead atoms. The van der Waals surface area contributed by atoms with Gasteiger partial charge in [-0.3, -0.25) is 4.79 Å². The number of nitrogens with zero attached hydrogens (tertiary/aromatic N) is 6. The van der Waals surface area contributed by atoms with Crippen molar-refractivity contribution >= 4 is 22.9 Å². The number of aromatic nitrogens is 5. The molecule has 1 amide bonds. The maximum absolute atomic E-state index is 11.6. The first-order valence-electron chi connectivity index (χ1n) is 6.31. The van der Waals surface area contributed by atoms with Crippen LogP contribution in [0.5, 0.6) is 0 Å². The van der Waals surface area contributed by atoms with Crippen LogP contribution < -0.4 is 5.73 Å². The molecule has 106 valence electrons. The first-order chi connectivity index (χ1) is 9.61. The SMILES string of the molecule is CC(=O)N1CC(n2nnc3c(N)ncnc32)CC1CO. The topological polar surface area (TPSA) is 123 Å². The molecule has 1 fully saturated rings. The standard InChI is InChI=1S/C11H15N7O2/c1-6(20)17-3-7(2-8(17)4-19)18-11-9(15-16-18)10(12)13-5-14-11/h5,7-8,19H,2-4H2,1H3,(H2,12,13,14). The van der Waals surface area contributed by atoms with Gasteiger partial charge in [-0.05, 0) is 6.42 Å². The summed E-state index contributed by atoms with van der Waals surface area (Å²) in [6, 6.07) is -0.272. The summed E-state index contributed by atoms with van der Waals surface area (Å²) in [4.78, 5) is 21.2. The van der Waals surface area contributed by atoms with Crippen LogP contribution in [0.4, 0.5) is 5.82 Å². The molecule has 9 nitrogen and oxygen atoms in total. The fraction of sp³-hybridized carbons (Fsp3) is 0.545. The van der Waals surface area contributed by atoms with Gasteiger partial charge in [0.05, 0.1) is 18.7 Å². The molecule has 0 saturated carbocycles. The number of carbonyl (C=O) groups is 1. The molecule has 2 atom stereocenters. The van der Waals surface area contributed by atoms with Crippen LogP contribution in [-0.2, 0) is 4.79 Å². The molecule has 0 spiro atoms. The third kappa shape index (κ3) is 1.86. The largest absolute Gasteiger partial charge is 0.394 e. The summed E-state index contributed by atoms with van der Waals surface area (Å²) in [6.45, 7) is 1.90. The van der Waals surface area contributed by atoms with Crippen molar-refractivity contribution in [3.8, 4) is 0 Å². The van der Waals surface area contributed by atoms with Crippen molar-refractivity contribution in [1.29, 1.82) is 0 Å². The quantitative estimate of drug-likeness (QED) is 0.718. The predicted molar refractivity (Wildman–Crippen MR) is 69.4 cm³/mol. The molecule has 1 aliphatic rings. The second-order valence-electron chi connectivity index (χ2n) is 4.86. The lowest BCUT2D eigenvalue weighted by Crippen LogP contribution is -2.36. The minimum absolute atomic E-state index is 0.0647. The third-order valence-electron chi connectivity index (χ3n) is 3.64. The minimum atomic E-state index is -0.198. The lowest BCUT2D eigenvalue weighted by Gasteiger charge is -2.20. The number of likely N-dealkylation sites (tertiary alicyclic amines) is 1. The smallest absolute Gasteiger partial charge is 0.219 e. The van der Waals surface area contributed by atoms with Gasteiger partial charge in [0.25, 0.3) is 0 Å². The van der Waals surface area contributed by atoms with Crippen molar-refractivity contribution < 1.29 is 9.90 Å². The molecule has 3 heterocycles. The Morgan fingerprint density at radius 2 is 2.35 bits per heavy atom. The second-order valence-corrected chi connectivity index (χ2v) is 4.86. The van der Waals surface area contributed by atoms with E-state index in [0.29, 0.717) is 24.1 Å². The zero-order valence-electron chi connectivity index (χ0n) is 11.0. The Morgan fingerprint density at radius 3 is 3.00 bits per heavy atom. The molecule has 0 aliphatic carbocycles. The number of aliphatic hydroxyl groups is 1. The van der Waals surface area contributed by atoms with E-state index in [9.17, 15) is 9.90 Å². The molecule has 1 saturated heterocycles. The molecule has 3 N–H and O–H groups in total. The number of rotatable bonds is 2. The molecule has 9 heteroatoms. The van der Waals surface area contributed by atoms with Crippen molar-refractivity contribution in [2.45, 2.75) is 25.4 Å². The first kappa shape index (κ1) is 12.7. The van der Waals surface area contributed by atoms with Crippen molar-refractivity contribution in [2.24, 2.45) is 0 Å². The van der Waals surface area contributed by atoms with E-state index in [1.165, 1.54) is 13.3 Å². The first-order valence-corrected chi connectivity index (χ1v) is 6.31. The van der Waals surface area contributed by atoms with E-state index in [1.54, 1.807) is 9.58 Å². The Hall–Kier alpha value is -2.29. The lowest BCUT2D eigenvalue weighted by molar-refractivity contribution is -0.130. The molecule has 2 unspecified atom stereocenters. The van der Waals surface area contributed by atoms with Crippen molar-refractivity contribution in [2.75, 3.05) is 18.9 Å². The van der Waals surface area contributed by atoms with Crippen molar-refractivity contribution in [3.05, 3.63) is 6.33 Å². The Balaban J connectivity index is 1.97. The van der Waals surface area contributed by atoms with Crippen LogP contribution in [0.25, 0.3) is 11.2 Å². The van der Waals surface area contributed by atoms with E-state index < -0.39 is 0 Å². The Kier molecular flexibility index (Phi) is 2.97. The van der Waals surface area contributed by atoms with Gasteiger partial charge >= 0.3 is 0 Å². The van der Waals surface area contributed by atoms with Crippen LogP contribution in [0, 0.1) is 0 Å². The maximum Gasteiger partial charge on any atom is 0.219 e. The number of nitrogens with two attached hydrogens (primary N) is 1. The average molecular weight is 277 g/mol. The highest BCUT2D eigenvalue weighted by atomic mass is 16.3. The van der Waals surface area contributed by atoms with Gasteiger partial charge in [-0.25, -0.2) is 14.6 Å². The number of fused-ring (bicyclic) bond motifs is 1. The maximum atomic E-state index is 11.6. The minimum Gasteiger partial charge on any atom is -0.394 e. The fourth-order valence-corrected chi connectivity index (χ4v) is 2.66. The summed E-state index contributed by atoms with van der Waals surface area (Å²) in [5, 5.41) is 17.4. The summed E-state index contributed by atoms with van der Waals surface area (Å²) in [6.07, 6.45) is 1.97. The van der Waals surface area contributed by atoms with Gasteiger partial charge in [-0.2, -0.15) is 0 Å². The van der Waals surface area contributed by atoms with Gasteiger partial charge in [-0.15, -0.1) is 5.10 Å². The number of aliphatic hydroxyl groups excluding tert-OH is 1. The van der Waals surface area contributed by atoms with Gasteiger partial charge in [0.1, 0.15) is 6.33 Å². The molecule has 0 radical (unpaired) electrons. The van der Waals surface area contributed by atoms with Gasteiger partial charge in [0.15, 0.2) is 17.0 Å². The predicted octanol–water partition coefficient (Wildman–Crippen LogP) is -1.04. The van der Waals surface area contributed by atoms with E-state index in [-0.39, 0.29) is 30.4 Å². The Labute approximate surface area is 114 Å². The lowest BCUT2D eigenvalue weighted by atomic mass is 10.2. The van der Waals surface area contributed by atoms with E-state index >= 15 is 0 Å². The van der Waals surface area contributed by atoms with Crippen LogP contribution in [0.1, 0.15) is 19.4 Å². The molecule has 20 heavy (non-hydrogen) atoms. The normalized spacial score (nSPS) is 22.6. The van der Waals surface area contributed by atoms with Crippen LogP contribution >= 0.6 is 0 Å². The molecule has 1 aliphatic heterocycles. The highest BCUT2D eigenvalue weighted by Gasteiger charge is 2.35. The fourth-order valence-electron chi connectivity index (χ4n) is 2.66. The summed E-state index contributed by atoms with van der Waals surface area (Å²) < 4.78 is 1.65. The van der Waals surface area contributed by atoms with Crippen molar-refractivity contribution in [3.63, 3.8) is 0 Å². The van der Waals surface area contributed by atoms with Gasteiger partial charge < -0.3 is 15.7 Å². The number of nitrogen functional groups attached to an aromatic ring is 1. The number of anilines is 1. The molecule has 2 aromatic heterocycles. The van der Waals surface area contributed by atoms with Crippen LogP contribution in [0.3, 0.4) is 0 Å². The van der Waals surface area contributed by atoms with Crippen LogP contribution in [-0.4, -0.2) is 60.1 Å². The van der Waals surface area contributed by atoms with Crippen LogP contribution in [0.2, 0.25) is 0 Å². The Morgan fingerprint density at radius 1 is 1.55 bits per heavy atom. The number of amides is 1. The highest BCUT2D eigenvalue weighted by Crippen LogP contribution is 2.29. The summed E-state index contributed by atoms with van der Waals surface area (Å²) >= 11 is 0. The zero-order valence-corrected chi connectivity index (χ0v) is 11.0. The summed E-state index contributed by atoms with van der Waals surface area (Å²) in [7, 11) is 0. The van der Waals surface area contributed by atoms with E-state index in [1.807, 2.05) is 0 Å². The van der Waals surface area contributed by atoms with Gasteiger partial charge in [0.2, 0.25) is 5.91 Å². The van der Waals surface area contributed by atoms with E-state index in [4.69, 9.17) is 5.73 Å². The van der Waals surface area contributed by atoms with Gasteiger partial charge in [0, 0.05) is 13.5 Å². The van der Waals surface area contributed by atoms with Gasteiger partial charge in [-0.1, -0.05) is 5.21 Å². The summed E-state index contributed by atoms with van der Waals surface area (Å²) in [5.41, 5.74) is 6.72. The second kappa shape index (κ2) is 4.67. The number of hydrogen-bond acceptors (Lipinski definition) is 7. The third-order valence-corrected chi connectivity index (χ3v) is 3.64. The summed E-state index contributed by atoms with van der Waals surface area (Å²) in [5.74, 6) is 0.214. The zero-order chi connectivity index (χ0) is 14.3. The average Bonchev–Trinajstić information content (AvgIpc) is 3.02. The molecule has 3 rings (SSSR count). The number of carbonyl (C=O) groups excluding carboxylic acids is 1. The highest BCUT2D eigenvalue weighted by molar-refractivity contribution is 5.80. The molecule has 0 aromatic carbocycles. The van der Waals surface area contributed by atoms with E-state index in [2.05, 4.69) is 20.3 Å². The molecular weight excluding hydrogens is 262 g/mol. The van der Waals surface area contributed by atoms with Crippen LogP contribution in [0.15, 0.2) is 6.33 Å². The monoisotopic (exact) mass is 277 g/mol. The van der Waals surface area contributed by atoms with Crippen molar-refractivity contribution in [1.82, 2.24) is 29.9 Å². The number of hydrogen-bond donors (Lipinski definition) is 2.